The predicted octanol–water partition coefficient (Wildman–Crippen LogP) is 2.47. The van der Waals surface area contributed by atoms with Crippen LogP contribution in [0, 0.1) is 0 Å². The van der Waals surface area contributed by atoms with Crippen molar-refractivity contribution in [2.45, 2.75) is 6.54 Å². The lowest BCUT2D eigenvalue weighted by Gasteiger charge is -2.11. The topological polar surface area (TPSA) is 119 Å². The SMILES string of the molecule is CNCc1cnc2c(C(=O)Nc3cnccc3Oc3ccccc3)c(N)nn2c1. The number of nitrogens with zero attached hydrogens (tertiary/aromatic N) is 4. The van der Waals surface area contributed by atoms with E-state index < -0.39 is 5.91 Å². The molecule has 4 aromatic rings. The third-order valence-corrected chi connectivity index (χ3v) is 4.16. The fourth-order valence-corrected chi connectivity index (χ4v) is 2.87. The summed E-state index contributed by atoms with van der Waals surface area (Å²) in [4.78, 5) is 21.4. The minimum atomic E-state index is -0.447. The highest BCUT2D eigenvalue weighted by atomic mass is 16.5. The second kappa shape index (κ2) is 7.95. The zero-order valence-electron chi connectivity index (χ0n) is 15.7. The van der Waals surface area contributed by atoms with Gasteiger partial charge in [0.25, 0.3) is 5.91 Å². The number of nitrogen functional groups attached to an aromatic ring is 1. The molecule has 0 radical (unpaired) electrons. The molecule has 29 heavy (non-hydrogen) atoms. The van der Waals surface area contributed by atoms with Crippen LogP contribution in [0.5, 0.6) is 11.5 Å². The molecule has 4 rings (SSSR count). The van der Waals surface area contributed by atoms with Crippen LogP contribution in [0.4, 0.5) is 11.5 Å². The van der Waals surface area contributed by atoms with Gasteiger partial charge in [0, 0.05) is 36.8 Å². The first kappa shape index (κ1) is 18.4. The summed E-state index contributed by atoms with van der Waals surface area (Å²) in [7, 11) is 1.84. The quantitative estimate of drug-likeness (QED) is 0.463. The zero-order valence-corrected chi connectivity index (χ0v) is 15.7. The Bertz CT molecular complexity index is 1160. The van der Waals surface area contributed by atoms with Gasteiger partial charge in [-0.3, -0.25) is 9.78 Å². The van der Waals surface area contributed by atoms with Gasteiger partial charge in [-0.25, -0.2) is 9.50 Å². The molecule has 9 nitrogen and oxygen atoms in total. The highest BCUT2D eigenvalue weighted by Gasteiger charge is 2.21. The molecule has 1 amide bonds. The van der Waals surface area contributed by atoms with Gasteiger partial charge < -0.3 is 21.1 Å². The van der Waals surface area contributed by atoms with E-state index in [1.165, 1.54) is 10.7 Å². The van der Waals surface area contributed by atoms with E-state index in [0.29, 0.717) is 29.4 Å². The Morgan fingerprint density at radius 3 is 2.83 bits per heavy atom. The molecule has 9 heteroatoms. The minimum Gasteiger partial charge on any atom is -0.455 e. The molecule has 0 atom stereocenters. The van der Waals surface area contributed by atoms with Crippen molar-refractivity contribution in [3.63, 3.8) is 0 Å². The van der Waals surface area contributed by atoms with Gasteiger partial charge in [-0.15, -0.1) is 5.10 Å². The third-order valence-electron chi connectivity index (χ3n) is 4.16. The van der Waals surface area contributed by atoms with Gasteiger partial charge in [0.15, 0.2) is 17.2 Å². The van der Waals surface area contributed by atoms with Crippen molar-refractivity contribution in [1.29, 1.82) is 0 Å². The van der Waals surface area contributed by atoms with Crippen LogP contribution in [0.3, 0.4) is 0 Å². The fraction of sp³-hybridized carbons (Fsp3) is 0.100. The number of nitrogens with two attached hydrogens (primary N) is 1. The molecule has 0 bridgehead atoms. The average molecular weight is 389 g/mol. The van der Waals surface area contributed by atoms with E-state index in [1.54, 1.807) is 24.7 Å². The lowest BCUT2D eigenvalue weighted by atomic mass is 10.2. The van der Waals surface area contributed by atoms with Crippen molar-refractivity contribution in [3.8, 4) is 11.5 Å². The number of benzene rings is 1. The molecule has 0 saturated carbocycles. The fourth-order valence-electron chi connectivity index (χ4n) is 2.87. The molecule has 0 fully saturated rings. The number of ether oxygens (including phenoxy) is 1. The lowest BCUT2D eigenvalue weighted by molar-refractivity contribution is 0.102. The summed E-state index contributed by atoms with van der Waals surface area (Å²) < 4.78 is 7.36. The highest BCUT2D eigenvalue weighted by molar-refractivity contribution is 6.12. The third kappa shape index (κ3) is 3.85. The molecule has 0 aliphatic carbocycles. The maximum atomic E-state index is 12.9. The second-order valence-electron chi connectivity index (χ2n) is 6.26. The molecule has 3 aromatic heterocycles. The van der Waals surface area contributed by atoms with Crippen molar-refractivity contribution in [2.75, 3.05) is 18.1 Å². The number of carbonyl (C=O) groups excluding carboxylic acids is 1. The van der Waals surface area contributed by atoms with Crippen LogP contribution in [0.2, 0.25) is 0 Å². The average Bonchev–Trinajstić information content (AvgIpc) is 3.05. The van der Waals surface area contributed by atoms with Crippen LogP contribution in [-0.4, -0.2) is 32.5 Å². The number of hydrogen-bond acceptors (Lipinski definition) is 7. The van der Waals surface area contributed by atoms with Crippen molar-refractivity contribution < 1.29 is 9.53 Å². The normalized spacial score (nSPS) is 10.8. The maximum Gasteiger partial charge on any atom is 0.263 e. The summed E-state index contributed by atoms with van der Waals surface area (Å²) >= 11 is 0. The molecule has 4 N–H and O–H groups in total. The molecule has 146 valence electrons. The van der Waals surface area contributed by atoms with Gasteiger partial charge in [-0.2, -0.15) is 0 Å². The number of rotatable bonds is 6. The molecule has 0 spiro atoms. The summed E-state index contributed by atoms with van der Waals surface area (Å²) in [6.45, 7) is 0.625. The van der Waals surface area contributed by atoms with Gasteiger partial charge in [0.05, 0.1) is 6.20 Å². The Labute approximate surface area is 166 Å². The molecule has 0 unspecified atom stereocenters. The van der Waals surface area contributed by atoms with Crippen molar-refractivity contribution in [2.24, 2.45) is 0 Å². The Hall–Kier alpha value is -3.98. The number of para-hydroxylation sites is 1. The molecule has 0 aliphatic heterocycles. The molecule has 1 aromatic carbocycles. The Kier molecular flexibility index (Phi) is 5.04. The molecular formula is C20H19N7O2. The van der Waals surface area contributed by atoms with Crippen LogP contribution in [0.15, 0.2) is 61.2 Å². The van der Waals surface area contributed by atoms with Crippen molar-refractivity contribution in [3.05, 3.63) is 72.3 Å². The monoisotopic (exact) mass is 389 g/mol. The van der Waals surface area contributed by atoms with Gasteiger partial charge in [0.1, 0.15) is 17.0 Å². The van der Waals surface area contributed by atoms with Crippen LogP contribution in [-0.2, 0) is 6.54 Å². The van der Waals surface area contributed by atoms with E-state index in [0.717, 1.165) is 5.56 Å². The number of fused-ring (bicyclic) bond motifs is 1. The van der Waals surface area contributed by atoms with Gasteiger partial charge in [-0.1, -0.05) is 18.2 Å². The minimum absolute atomic E-state index is 0.0889. The molecule has 3 heterocycles. The smallest absolute Gasteiger partial charge is 0.263 e. The van der Waals surface area contributed by atoms with Crippen molar-refractivity contribution in [1.82, 2.24) is 24.9 Å². The van der Waals surface area contributed by atoms with Crippen LogP contribution < -0.4 is 21.1 Å². The number of nitrogens with one attached hydrogen (secondary N) is 2. The predicted molar refractivity (Wildman–Crippen MR) is 109 cm³/mol. The Morgan fingerprint density at radius 1 is 1.21 bits per heavy atom. The number of pyridine rings is 1. The Balaban J connectivity index is 1.63. The summed E-state index contributed by atoms with van der Waals surface area (Å²) in [5.74, 6) is 0.741. The van der Waals surface area contributed by atoms with E-state index in [9.17, 15) is 4.79 Å². The van der Waals surface area contributed by atoms with Gasteiger partial charge in [0.2, 0.25) is 0 Å². The summed E-state index contributed by atoms with van der Waals surface area (Å²) in [6.07, 6.45) is 6.55. The second-order valence-corrected chi connectivity index (χ2v) is 6.26. The number of aromatic nitrogens is 4. The lowest BCUT2D eigenvalue weighted by Crippen LogP contribution is -2.14. The number of carbonyl (C=O) groups is 1. The number of hydrogen-bond donors (Lipinski definition) is 3. The first-order valence-corrected chi connectivity index (χ1v) is 8.91. The van der Waals surface area contributed by atoms with Crippen LogP contribution in [0.25, 0.3) is 5.65 Å². The highest BCUT2D eigenvalue weighted by Crippen LogP contribution is 2.29. The Morgan fingerprint density at radius 2 is 2.03 bits per heavy atom. The van der Waals surface area contributed by atoms with Crippen molar-refractivity contribution >= 4 is 23.1 Å². The van der Waals surface area contributed by atoms with Crippen LogP contribution >= 0.6 is 0 Å². The van der Waals surface area contributed by atoms with E-state index >= 15 is 0 Å². The van der Waals surface area contributed by atoms with E-state index in [1.807, 2.05) is 37.4 Å². The van der Waals surface area contributed by atoms with E-state index in [4.69, 9.17) is 10.5 Å². The summed E-state index contributed by atoms with van der Waals surface area (Å²) in [5.41, 5.74) is 7.88. The summed E-state index contributed by atoms with van der Waals surface area (Å²) in [5, 5.41) is 10.0. The summed E-state index contributed by atoms with van der Waals surface area (Å²) in [6, 6.07) is 10.9. The van der Waals surface area contributed by atoms with E-state index in [-0.39, 0.29) is 11.4 Å². The zero-order chi connectivity index (χ0) is 20.2. The maximum absolute atomic E-state index is 12.9. The largest absolute Gasteiger partial charge is 0.455 e. The standard InChI is InChI=1S/C20H19N7O2/c1-22-9-13-10-24-19-17(18(21)26-27(19)12-13)20(28)25-15-11-23-8-7-16(15)29-14-5-3-2-4-6-14/h2-8,10-12,22H,9H2,1H3,(H2,21,26)(H,25,28). The molecular weight excluding hydrogens is 370 g/mol. The van der Waals surface area contributed by atoms with Gasteiger partial charge >= 0.3 is 0 Å². The molecule has 0 saturated heterocycles. The van der Waals surface area contributed by atoms with Gasteiger partial charge in [-0.05, 0) is 19.2 Å². The number of amides is 1. The molecule has 0 aliphatic rings. The first-order chi connectivity index (χ1) is 14.2. The first-order valence-electron chi connectivity index (χ1n) is 8.91. The van der Waals surface area contributed by atoms with E-state index in [2.05, 4.69) is 25.7 Å². The van der Waals surface area contributed by atoms with Crippen LogP contribution in [0.1, 0.15) is 15.9 Å². The number of anilines is 2.